The third kappa shape index (κ3) is 2.62. The molecule has 1 aromatic rings. The van der Waals surface area contributed by atoms with Gasteiger partial charge in [0, 0.05) is 11.4 Å². The number of nitrogens with zero attached hydrogens (tertiary/aromatic N) is 2. The van der Waals surface area contributed by atoms with Gasteiger partial charge in [0.1, 0.15) is 5.82 Å². The van der Waals surface area contributed by atoms with Crippen LogP contribution in [0.3, 0.4) is 0 Å². The standard InChI is InChI=1S/C8H10N2OS/c1-5-3-6(2)10-7(9-5)4-8(11)12/h3H,4H2,1-2H3,(H,11,12). The molecule has 0 aliphatic carbocycles. The van der Waals surface area contributed by atoms with Gasteiger partial charge in [-0.1, -0.05) is 0 Å². The van der Waals surface area contributed by atoms with Crippen LogP contribution in [0.2, 0.25) is 0 Å². The third-order valence-corrected chi connectivity index (χ3v) is 1.50. The second-order valence-corrected chi connectivity index (χ2v) is 3.14. The molecular formula is C8H10N2OS. The van der Waals surface area contributed by atoms with E-state index in [4.69, 9.17) is 0 Å². The molecule has 1 aromatic heterocycles. The maximum Gasteiger partial charge on any atom is 0.193 e. The van der Waals surface area contributed by atoms with Crippen LogP contribution in [-0.2, 0) is 11.2 Å². The molecule has 0 atom stereocenters. The average Bonchev–Trinajstić information content (AvgIpc) is 1.81. The van der Waals surface area contributed by atoms with Gasteiger partial charge >= 0.3 is 0 Å². The first-order valence-corrected chi connectivity index (χ1v) is 4.05. The van der Waals surface area contributed by atoms with Crippen LogP contribution in [-0.4, -0.2) is 15.1 Å². The molecule has 0 bridgehead atoms. The summed E-state index contributed by atoms with van der Waals surface area (Å²) < 4.78 is 0. The summed E-state index contributed by atoms with van der Waals surface area (Å²) in [4.78, 5) is 18.8. The second-order valence-electron chi connectivity index (χ2n) is 2.64. The zero-order valence-electron chi connectivity index (χ0n) is 7.03. The number of aryl methyl sites for hydroxylation is 2. The lowest BCUT2D eigenvalue weighted by Crippen LogP contribution is -2.03. The lowest BCUT2D eigenvalue weighted by atomic mass is 10.3. The predicted octanol–water partition coefficient (Wildman–Crippen LogP) is 1.09. The number of carbonyl (C=O) groups is 1. The third-order valence-electron chi connectivity index (χ3n) is 1.34. The van der Waals surface area contributed by atoms with E-state index in [1.165, 1.54) is 0 Å². The number of rotatable bonds is 2. The molecule has 0 amide bonds. The minimum absolute atomic E-state index is 0.200. The Morgan fingerprint density at radius 3 is 2.33 bits per heavy atom. The van der Waals surface area contributed by atoms with Crippen LogP contribution in [0.15, 0.2) is 6.07 Å². The van der Waals surface area contributed by atoms with Gasteiger partial charge in [-0.15, -0.1) is 12.6 Å². The fourth-order valence-corrected chi connectivity index (χ4v) is 1.15. The van der Waals surface area contributed by atoms with E-state index in [2.05, 4.69) is 22.6 Å². The Hall–Kier alpha value is -0.900. The molecule has 12 heavy (non-hydrogen) atoms. The van der Waals surface area contributed by atoms with Crippen LogP contribution in [0.25, 0.3) is 0 Å². The Morgan fingerprint density at radius 2 is 1.92 bits per heavy atom. The van der Waals surface area contributed by atoms with Crippen LogP contribution >= 0.6 is 12.6 Å². The first-order valence-electron chi connectivity index (χ1n) is 3.61. The first kappa shape index (κ1) is 9.19. The molecule has 0 spiro atoms. The number of thiol groups is 1. The molecule has 0 radical (unpaired) electrons. The fraction of sp³-hybridized carbons (Fsp3) is 0.375. The largest absolute Gasteiger partial charge is 0.287 e. The number of aromatic nitrogens is 2. The average molecular weight is 182 g/mol. The molecule has 0 saturated heterocycles. The van der Waals surface area contributed by atoms with Crippen molar-refractivity contribution in [3.05, 3.63) is 23.3 Å². The van der Waals surface area contributed by atoms with Gasteiger partial charge in [0.15, 0.2) is 5.12 Å². The normalized spacial score (nSPS) is 9.92. The van der Waals surface area contributed by atoms with Gasteiger partial charge in [-0.05, 0) is 19.9 Å². The summed E-state index contributed by atoms with van der Waals surface area (Å²) in [6, 6.07) is 1.87. The van der Waals surface area contributed by atoms with E-state index in [-0.39, 0.29) is 11.5 Å². The fourth-order valence-electron chi connectivity index (χ4n) is 1.01. The summed E-state index contributed by atoms with van der Waals surface area (Å²) in [7, 11) is 0. The summed E-state index contributed by atoms with van der Waals surface area (Å²) in [6.45, 7) is 3.75. The molecule has 0 N–H and O–H groups in total. The minimum Gasteiger partial charge on any atom is -0.287 e. The van der Waals surface area contributed by atoms with E-state index in [0.29, 0.717) is 5.82 Å². The monoisotopic (exact) mass is 182 g/mol. The molecule has 0 aliphatic heterocycles. The van der Waals surface area contributed by atoms with Gasteiger partial charge < -0.3 is 0 Å². The minimum atomic E-state index is -0.208. The zero-order valence-corrected chi connectivity index (χ0v) is 7.93. The molecule has 1 rings (SSSR count). The van der Waals surface area contributed by atoms with Crippen molar-refractivity contribution in [2.45, 2.75) is 20.3 Å². The highest BCUT2D eigenvalue weighted by Gasteiger charge is 2.02. The van der Waals surface area contributed by atoms with Crippen molar-refractivity contribution in [3.63, 3.8) is 0 Å². The van der Waals surface area contributed by atoms with Crippen molar-refractivity contribution in [2.75, 3.05) is 0 Å². The van der Waals surface area contributed by atoms with Crippen molar-refractivity contribution in [1.82, 2.24) is 9.97 Å². The van der Waals surface area contributed by atoms with Gasteiger partial charge in [-0.3, -0.25) is 4.79 Å². The molecular weight excluding hydrogens is 172 g/mol. The summed E-state index contributed by atoms with van der Waals surface area (Å²) in [5, 5.41) is -0.208. The molecule has 0 unspecified atom stereocenters. The van der Waals surface area contributed by atoms with Gasteiger partial charge in [-0.25, -0.2) is 9.97 Å². The highest BCUT2D eigenvalue weighted by atomic mass is 32.1. The number of hydrogen-bond acceptors (Lipinski definition) is 3. The first-order chi connectivity index (χ1) is 5.58. The Balaban J connectivity index is 2.93. The van der Waals surface area contributed by atoms with Crippen LogP contribution in [0.4, 0.5) is 0 Å². The van der Waals surface area contributed by atoms with Gasteiger partial charge in [-0.2, -0.15) is 0 Å². The highest BCUT2D eigenvalue weighted by molar-refractivity contribution is 7.96. The predicted molar refractivity (Wildman–Crippen MR) is 49.2 cm³/mol. The number of carbonyl (C=O) groups excluding carboxylic acids is 1. The molecule has 64 valence electrons. The van der Waals surface area contributed by atoms with E-state index < -0.39 is 0 Å². The zero-order chi connectivity index (χ0) is 9.14. The van der Waals surface area contributed by atoms with E-state index in [9.17, 15) is 4.79 Å². The summed E-state index contributed by atoms with van der Waals surface area (Å²) in [6.07, 6.45) is 0.200. The van der Waals surface area contributed by atoms with Crippen molar-refractivity contribution in [1.29, 1.82) is 0 Å². The molecule has 0 fully saturated rings. The lowest BCUT2D eigenvalue weighted by Gasteiger charge is -1.99. The quantitative estimate of drug-likeness (QED) is 0.696. The summed E-state index contributed by atoms with van der Waals surface area (Å²) in [5.41, 5.74) is 1.76. The van der Waals surface area contributed by atoms with Crippen LogP contribution in [0.5, 0.6) is 0 Å². The maximum atomic E-state index is 10.6. The summed E-state index contributed by atoms with van der Waals surface area (Å²) >= 11 is 3.66. The van der Waals surface area contributed by atoms with Crippen LogP contribution in [0, 0.1) is 13.8 Å². The van der Waals surface area contributed by atoms with Gasteiger partial charge in [0.2, 0.25) is 0 Å². The van der Waals surface area contributed by atoms with E-state index >= 15 is 0 Å². The molecule has 4 heteroatoms. The van der Waals surface area contributed by atoms with Gasteiger partial charge in [0.05, 0.1) is 6.42 Å². The van der Waals surface area contributed by atoms with E-state index in [1.54, 1.807) is 0 Å². The molecule has 0 aromatic carbocycles. The maximum absolute atomic E-state index is 10.6. The molecule has 1 heterocycles. The topological polar surface area (TPSA) is 42.9 Å². The van der Waals surface area contributed by atoms with Crippen molar-refractivity contribution in [2.24, 2.45) is 0 Å². The molecule has 0 saturated carbocycles. The Labute approximate surface area is 76.6 Å². The Bertz CT molecular complexity index is 292. The van der Waals surface area contributed by atoms with Crippen molar-refractivity contribution in [3.8, 4) is 0 Å². The highest BCUT2D eigenvalue weighted by Crippen LogP contribution is 2.00. The van der Waals surface area contributed by atoms with Crippen LogP contribution < -0.4 is 0 Å². The summed E-state index contributed by atoms with van der Waals surface area (Å²) in [5.74, 6) is 0.549. The molecule has 0 aliphatic rings. The second kappa shape index (κ2) is 3.67. The van der Waals surface area contributed by atoms with Crippen LogP contribution in [0.1, 0.15) is 17.2 Å². The Kier molecular flexibility index (Phi) is 2.81. The number of hydrogen-bond donors (Lipinski definition) is 1. The SMILES string of the molecule is Cc1cc(C)nc(CC(=O)S)n1. The van der Waals surface area contributed by atoms with E-state index in [0.717, 1.165) is 11.4 Å². The van der Waals surface area contributed by atoms with E-state index in [1.807, 2.05) is 19.9 Å². The van der Waals surface area contributed by atoms with Gasteiger partial charge in [0.25, 0.3) is 0 Å². The Morgan fingerprint density at radius 1 is 1.42 bits per heavy atom. The smallest absolute Gasteiger partial charge is 0.193 e. The van der Waals surface area contributed by atoms with Crippen molar-refractivity contribution >= 4 is 17.7 Å². The molecule has 3 nitrogen and oxygen atoms in total. The van der Waals surface area contributed by atoms with Crippen molar-refractivity contribution < 1.29 is 4.79 Å². The lowest BCUT2D eigenvalue weighted by molar-refractivity contribution is -0.110.